The quantitative estimate of drug-likeness (QED) is 0.542. The molecule has 0 radical (unpaired) electrons. The van der Waals surface area contributed by atoms with E-state index in [1.807, 2.05) is 6.92 Å². The minimum Gasteiger partial charge on any atom is -0.351 e. The van der Waals surface area contributed by atoms with Gasteiger partial charge in [0.05, 0.1) is 6.04 Å². The highest BCUT2D eigenvalue weighted by Gasteiger charge is 2.29. The van der Waals surface area contributed by atoms with Crippen molar-refractivity contribution in [1.82, 2.24) is 10.6 Å². The van der Waals surface area contributed by atoms with Crippen LogP contribution in [0, 0.1) is 0 Å². The molecule has 1 amide bonds. The Morgan fingerprint density at radius 2 is 2.54 bits per heavy atom. The zero-order chi connectivity index (χ0) is 9.84. The molecule has 0 aliphatic carbocycles. The Balaban J connectivity index is 2.31. The summed E-state index contributed by atoms with van der Waals surface area (Å²) in [4.78, 5) is 11.4. The van der Waals surface area contributed by atoms with Gasteiger partial charge in [-0.05, 0) is 6.92 Å². The molecule has 76 valence electrons. The molecule has 0 unspecified atom stereocenters. The number of carbonyl (C=O) groups is 1. The van der Waals surface area contributed by atoms with Crippen LogP contribution >= 0.6 is 0 Å². The molecule has 3 atom stereocenters. The van der Waals surface area contributed by atoms with Crippen molar-refractivity contribution >= 4 is 5.91 Å². The molecule has 1 fully saturated rings. The molecular formula is C8H16FN3O. The van der Waals surface area contributed by atoms with E-state index in [9.17, 15) is 9.18 Å². The molecule has 1 aliphatic rings. The standard InChI is InChI=1S/C8H16FN3O/c1-5(3-10)12-8(13)7-2-6(9)4-11-7/h5-7,11H,2-4,10H2,1H3,(H,12,13)/t5-,6+,7-/m0/s1. The number of nitrogens with two attached hydrogens (primary N) is 1. The normalized spacial score (nSPS) is 30.1. The van der Waals surface area contributed by atoms with Crippen molar-refractivity contribution < 1.29 is 9.18 Å². The summed E-state index contributed by atoms with van der Waals surface area (Å²) in [5.74, 6) is -0.155. The van der Waals surface area contributed by atoms with Gasteiger partial charge in [-0.1, -0.05) is 0 Å². The van der Waals surface area contributed by atoms with Crippen LogP contribution in [0.3, 0.4) is 0 Å². The predicted octanol–water partition coefficient (Wildman–Crippen LogP) is -0.850. The third-order valence-electron chi connectivity index (χ3n) is 2.14. The number of carbonyl (C=O) groups excluding carboxylic acids is 1. The lowest BCUT2D eigenvalue weighted by molar-refractivity contribution is -0.123. The maximum atomic E-state index is 12.7. The second kappa shape index (κ2) is 4.53. The lowest BCUT2D eigenvalue weighted by atomic mass is 10.2. The van der Waals surface area contributed by atoms with Crippen LogP contribution in [0.1, 0.15) is 13.3 Å². The van der Waals surface area contributed by atoms with Crippen molar-refractivity contribution in [2.75, 3.05) is 13.1 Å². The number of rotatable bonds is 3. The molecule has 13 heavy (non-hydrogen) atoms. The molecule has 1 saturated heterocycles. The number of amides is 1. The van der Waals surface area contributed by atoms with Gasteiger partial charge in [-0.2, -0.15) is 0 Å². The zero-order valence-electron chi connectivity index (χ0n) is 7.72. The minimum absolute atomic E-state index is 0.0482. The molecule has 0 aromatic carbocycles. The highest BCUT2D eigenvalue weighted by atomic mass is 19.1. The van der Waals surface area contributed by atoms with Gasteiger partial charge in [0.2, 0.25) is 5.91 Å². The van der Waals surface area contributed by atoms with Crippen LogP contribution in [0.25, 0.3) is 0 Å². The molecule has 1 rings (SSSR count). The van der Waals surface area contributed by atoms with E-state index >= 15 is 0 Å². The van der Waals surface area contributed by atoms with E-state index in [2.05, 4.69) is 10.6 Å². The summed E-state index contributed by atoms with van der Waals surface area (Å²) in [6.45, 7) is 2.49. The van der Waals surface area contributed by atoms with Crippen LogP contribution < -0.4 is 16.4 Å². The first kappa shape index (κ1) is 10.4. The Kier molecular flexibility index (Phi) is 3.62. The van der Waals surface area contributed by atoms with Crippen LogP contribution in [0.4, 0.5) is 4.39 Å². The van der Waals surface area contributed by atoms with Crippen LogP contribution in [0.15, 0.2) is 0 Å². The molecule has 0 bridgehead atoms. The molecule has 0 aromatic heterocycles. The molecule has 4 nitrogen and oxygen atoms in total. The highest BCUT2D eigenvalue weighted by molar-refractivity contribution is 5.82. The zero-order valence-corrected chi connectivity index (χ0v) is 7.72. The maximum absolute atomic E-state index is 12.7. The Hall–Kier alpha value is -0.680. The van der Waals surface area contributed by atoms with E-state index in [0.29, 0.717) is 6.54 Å². The van der Waals surface area contributed by atoms with Gasteiger partial charge < -0.3 is 16.4 Å². The predicted molar refractivity (Wildman–Crippen MR) is 48.0 cm³/mol. The molecule has 1 aliphatic heterocycles. The summed E-state index contributed by atoms with van der Waals surface area (Å²) in [7, 11) is 0. The molecule has 5 heteroatoms. The maximum Gasteiger partial charge on any atom is 0.237 e. The SMILES string of the molecule is C[C@@H](CN)NC(=O)[C@@H]1C[C@@H](F)CN1. The minimum atomic E-state index is -0.899. The van der Waals surface area contributed by atoms with Gasteiger partial charge >= 0.3 is 0 Å². The fourth-order valence-corrected chi connectivity index (χ4v) is 1.29. The third kappa shape index (κ3) is 2.93. The first-order valence-corrected chi connectivity index (χ1v) is 4.51. The van der Waals surface area contributed by atoms with Crippen molar-refractivity contribution in [3.63, 3.8) is 0 Å². The molecule has 0 saturated carbocycles. The Morgan fingerprint density at radius 1 is 1.85 bits per heavy atom. The Bertz CT molecular complexity index is 188. The summed E-state index contributed by atoms with van der Waals surface area (Å²) >= 11 is 0. The van der Waals surface area contributed by atoms with Crippen molar-refractivity contribution in [2.45, 2.75) is 31.6 Å². The van der Waals surface area contributed by atoms with Crippen molar-refractivity contribution in [3.05, 3.63) is 0 Å². The largest absolute Gasteiger partial charge is 0.351 e. The smallest absolute Gasteiger partial charge is 0.237 e. The lowest BCUT2D eigenvalue weighted by Crippen LogP contribution is -2.46. The molecule has 0 aromatic rings. The van der Waals surface area contributed by atoms with E-state index in [0.717, 1.165) is 0 Å². The highest BCUT2D eigenvalue weighted by Crippen LogP contribution is 2.09. The van der Waals surface area contributed by atoms with Gasteiger partial charge in [0.1, 0.15) is 6.17 Å². The van der Waals surface area contributed by atoms with Crippen molar-refractivity contribution in [2.24, 2.45) is 5.73 Å². The van der Waals surface area contributed by atoms with E-state index < -0.39 is 6.17 Å². The van der Waals surface area contributed by atoms with Crippen LogP contribution in [0.2, 0.25) is 0 Å². The fraction of sp³-hybridized carbons (Fsp3) is 0.875. The first-order valence-electron chi connectivity index (χ1n) is 4.51. The van der Waals surface area contributed by atoms with Crippen molar-refractivity contribution in [1.29, 1.82) is 0 Å². The van der Waals surface area contributed by atoms with Gasteiger partial charge in [0.15, 0.2) is 0 Å². The van der Waals surface area contributed by atoms with E-state index in [-0.39, 0.29) is 31.0 Å². The third-order valence-corrected chi connectivity index (χ3v) is 2.14. The summed E-state index contributed by atoms with van der Waals surface area (Å²) in [6.07, 6.45) is -0.632. The number of hydrogen-bond donors (Lipinski definition) is 3. The number of alkyl halides is 1. The van der Waals surface area contributed by atoms with E-state index in [1.165, 1.54) is 0 Å². The average molecular weight is 189 g/mol. The monoisotopic (exact) mass is 189 g/mol. The van der Waals surface area contributed by atoms with Gasteiger partial charge in [-0.25, -0.2) is 4.39 Å². The second-order valence-electron chi connectivity index (χ2n) is 3.44. The first-order chi connectivity index (χ1) is 6.13. The van der Waals surface area contributed by atoms with Crippen LogP contribution in [0.5, 0.6) is 0 Å². The van der Waals surface area contributed by atoms with Gasteiger partial charge in [0.25, 0.3) is 0 Å². The summed E-state index contributed by atoms with van der Waals surface area (Å²) < 4.78 is 12.7. The van der Waals surface area contributed by atoms with Gasteiger partial charge in [0, 0.05) is 25.6 Å². The Morgan fingerprint density at radius 3 is 3.00 bits per heavy atom. The number of halogens is 1. The molecule has 0 spiro atoms. The van der Waals surface area contributed by atoms with Gasteiger partial charge in [-0.3, -0.25) is 4.79 Å². The Labute approximate surface area is 77.1 Å². The lowest BCUT2D eigenvalue weighted by Gasteiger charge is -2.15. The van der Waals surface area contributed by atoms with Crippen molar-refractivity contribution in [3.8, 4) is 0 Å². The molecule has 1 heterocycles. The fourth-order valence-electron chi connectivity index (χ4n) is 1.29. The molecule has 4 N–H and O–H groups in total. The van der Waals surface area contributed by atoms with E-state index in [1.54, 1.807) is 0 Å². The summed E-state index contributed by atoms with van der Waals surface area (Å²) in [6, 6.07) is -0.433. The summed E-state index contributed by atoms with van der Waals surface area (Å²) in [5.41, 5.74) is 5.34. The van der Waals surface area contributed by atoms with Gasteiger partial charge in [-0.15, -0.1) is 0 Å². The topological polar surface area (TPSA) is 67.1 Å². The van der Waals surface area contributed by atoms with Crippen LogP contribution in [-0.4, -0.2) is 37.3 Å². The number of hydrogen-bond acceptors (Lipinski definition) is 3. The molecular weight excluding hydrogens is 173 g/mol. The second-order valence-corrected chi connectivity index (χ2v) is 3.44. The van der Waals surface area contributed by atoms with E-state index in [4.69, 9.17) is 5.73 Å². The number of nitrogens with one attached hydrogen (secondary N) is 2. The van der Waals surface area contributed by atoms with Crippen LogP contribution in [-0.2, 0) is 4.79 Å². The average Bonchev–Trinajstić information content (AvgIpc) is 2.51. The summed E-state index contributed by atoms with van der Waals surface area (Å²) in [5, 5.41) is 5.51.